The highest BCUT2D eigenvalue weighted by molar-refractivity contribution is 5.22. The van der Waals surface area contributed by atoms with Crippen LogP contribution in [0.1, 0.15) is 17.5 Å². The second kappa shape index (κ2) is 5.63. The van der Waals surface area contributed by atoms with Crippen LogP contribution >= 0.6 is 0 Å². The van der Waals surface area contributed by atoms with Crippen molar-refractivity contribution in [1.82, 2.24) is 4.90 Å². The van der Waals surface area contributed by atoms with Crippen LogP contribution in [0.2, 0.25) is 0 Å². The summed E-state index contributed by atoms with van der Waals surface area (Å²) < 4.78 is 0. The van der Waals surface area contributed by atoms with E-state index in [1.54, 1.807) is 0 Å². The molecule has 1 aliphatic heterocycles. The third-order valence-electron chi connectivity index (χ3n) is 3.39. The summed E-state index contributed by atoms with van der Waals surface area (Å²) in [5, 5.41) is 0. The van der Waals surface area contributed by atoms with E-state index in [9.17, 15) is 0 Å². The molecule has 94 valence electrons. The van der Waals surface area contributed by atoms with Gasteiger partial charge in [-0.3, -0.25) is 4.90 Å². The Morgan fingerprint density at radius 3 is 2.59 bits per heavy atom. The first kappa shape index (κ1) is 12.6. The van der Waals surface area contributed by atoms with Gasteiger partial charge in [-0.05, 0) is 25.3 Å². The van der Waals surface area contributed by atoms with Crippen LogP contribution in [-0.2, 0) is 6.42 Å². The Bertz CT molecular complexity index is 354. The number of likely N-dealkylation sites (tertiary alicyclic amines) is 1. The molecular weight excluding hydrogens is 210 g/mol. The SMILES string of the molecule is Cc1cccc(CCN2CC(N)CC(N)C2)c1. The van der Waals surface area contributed by atoms with Gasteiger partial charge in [0.2, 0.25) is 0 Å². The fraction of sp³-hybridized carbons (Fsp3) is 0.571. The molecule has 3 heteroatoms. The molecule has 2 rings (SSSR count). The molecule has 0 bridgehead atoms. The molecule has 17 heavy (non-hydrogen) atoms. The zero-order valence-electron chi connectivity index (χ0n) is 10.6. The molecular formula is C14H23N3. The summed E-state index contributed by atoms with van der Waals surface area (Å²) in [7, 11) is 0. The number of rotatable bonds is 3. The van der Waals surface area contributed by atoms with Gasteiger partial charge in [-0.15, -0.1) is 0 Å². The first-order valence-corrected chi connectivity index (χ1v) is 6.42. The predicted octanol–water partition coefficient (Wildman–Crippen LogP) is 0.898. The van der Waals surface area contributed by atoms with Crippen LogP contribution in [0.4, 0.5) is 0 Å². The molecule has 1 aromatic carbocycles. The summed E-state index contributed by atoms with van der Waals surface area (Å²) in [4.78, 5) is 2.39. The molecule has 1 heterocycles. The Morgan fingerprint density at radius 1 is 1.24 bits per heavy atom. The normalized spacial score (nSPS) is 26.1. The molecule has 0 amide bonds. The summed E-state index contributed by atoms with van der Waals surface area (Å²) in [5.41, 5.74) is 14.7. The maximum atomic E-state index is 5.99. The van der Waals surface area contributed by atoms with Gasteiger partial charge in [-0.2, -0.15) is 0 Å². The predicted molar refractivity (Wildman–Crippen MR) is 71.9 cm³/mol. The Kier molecular flexibility index (Phi) is 4.15. The zero-order chi connectivity index (χ0) is 12.3. The van der Waals surface area contributed by atoms with Crippen LogP contribution in [0.25, 0.3) is 0 Å². The van der Waals surface area contributed by atoms with Gasteiger partial charge >= 0.3 is 0 Å². The van der Waals surface area contributed by atoms with Gasteiger partial charge in [0.15, 0.2) is 0 Å². The Balaban J connectivity index is 1.85. The average molecular weight is 233 g/mol. The number of benzene rings is 1. The van der Waals surface area contributed by atoms with Crippen molar-refractivity contribution in [2.24, 2.45) is 11.5 Å². The summed E-state index contributed by atoms with van der Waals surface area (Å²) in [6.45, 7) is 5.17. The zero-order valence-corrected chi connectivity index (χ0v) is 10.6. The van der Waals surface area contributed by atoms with Crippen molar-refractivity contribution in [3.8, 4) is 0 Å². The first-order valence-electron chi connectivity index (χ1n) is 6.42. The van der Waals surface area contributed by atoms with E-state index in [1.807, 2.05) is 0 Å². The molecule has 0 aliphatic carbocycles. The van der Waals surface area contributed by atoms with Crippen LogP contribution in [0, 0.1) is 6.92 Å². The molecule has 0 spiro atoms. The molecule has 0 saturated carbocycles. The number of aryl methyl sites for hydroxylation is 1. The van der Waals surface area contributed by atoms with Gasteiger partial charge < -0.3 is 11.5 Å². The fourth-order valence-electron chi connectivity index (χ4n) is 2.61. The third-order valence-corrected chi connectivity index (χ3v) is 3.39. The topological polar surface area (TPSA) is 55.3 Å². The maximum absolute atomic E-state index is 5.99. The van der Waals surface area contributed by atoms with Crippen molar-refractivity contribution < 1.29 is 0 Å². The van der Waals surface area contributed by atoms with E-state index in [1.165, 1.54) is 11.1 Å². The van der Waals surface area contributed by atoms with Crippen LogP contribution in [0.5, 0.6) is 0 Å². The minimum absolute atomic E-state index is 0.247. The number of hydrogen-bond acceptors (Lipinski definition) is 3. The van der Waals surface area contributed by atoms with E-state index in [4.69, 9.17) is 11.5 Å². The Labute approximate surface area is 104 Å². The number of piperidine rings is 1. The second-order valence-electron chi connectivity index (χ2n) is 5.25. The number of hydrogen-bond donors (Lipinski definition) is 2. The molecule has 0 radical (unpaired) electrons. The van der Waals surface area contributed by atoms with E-state index >= 15 is 0 Å². The largest absolute Gasteiger partial charge is 0.326 e. The lowest BCUT2D eigenvalue weighted by atomic mass is 10.0. The second-order valence-corrected chi connectivity index (χ2v) is 5.25. The summed E-state index contributed by atoms with van der Waals surface area (Å²) in [5.74, 6) is 0. The van der Waals surface area contributed by atoms with Crippen molar-refractivity contribution in [3.05, 3.63) is 35.4 Å². The van der Waals surface area contributed by atoms with E-state index in [0.29, 0.717) is 0 Å². The molecule has 1 saturated heterocycles. The van der Waals surface area contributed by atoms with Crippen LogP contribution in [-0.4, -0.2) is 36.6 Å². The highest BCUT2D eigenvalue weighted by Gasteiger charge is 2.21. The Hall–Kier alpha value is -0.900. The average Bonchev–Trinajstić information content (AvgIpc) is 2.25. The summed E-state index contributed by atoms with van der Waals surface area (Å²) >= 11 is 0. The highest BCUT2D eigenvalue weighted by atomic mass is 15.2. The lowest BCUT2D eigenvalue weighted by Crippen LogP contribution is -2.52. The van der Waals surface area contributed by atoms with Gasteiger partial charge in [-0.1, -0.05) is 29.8 Å². The molecule has 1 fully saturated rings. The third kappa shape index (κ3) is 3.80. The molecule has 1 aromatic rings. The van der Waals surface area contributed by atoms with Crippen molar-refractivity contribution >= 4 is 0 Å². The first-order chi connectivity index (χ1) is 8.13. The van der Waals surface area contributed by atoms with Gasteiger partial charge in [0, 0.05) is 31.7 Å². The fourth-order valence-corrected chi connectivity index (χ4v) is 2.61. The smallest absolute Gasteiger partial charge is 0.0183 e. The Morgan fingerprint density at radius 2 is 1.94 bits per heavy atom. The lowest BCUT2D eigenvalue weighted by Gasteiger charge is -2.34. The highest BCUT2D eigenvalue weighted by Crippen LogP contribution is 2.10. The minimum Gasteiger partial charge on any atom is -0.326 e. The van der Waals surface area contributed by atoms with Gasteiger partial charge in [0.1, 0.15) is 0 Å². The van der Waals surface area contributed by atoms with Crippen molar-refractivity contribution in [2.75, 3.05) is 19.6 Å². The summed E-state index contributed by atoms with van der Waals surface area (Å²) in [6, 6.07) is 9.20. The lowest BCUT2D eigenvalue weighted by molar-refractivity contribution is 0.192. The van der Waals surface area contributed by atoms with E-state index in [-0.39, 0.29) is 12.1 Å². The monoisotopic (exact) mass is 233 g/mol. The number of nitrogens with two attached hydrogens (primary N) is 2. The van der Waals surface area contributed by atoms with Crippen LogP contribution in [0.15, 0.2) is 24.3 Å². The standard InChI is InChI=1S/C14H23N3/c1-11-3-2-4-12(7-11)5-6-17-9-13(15)8-14(16)10-17/h2-4,7,13-14H,5-6,8-10,15-16H2,1H3. The van der Waals surface area contributed by atoms with Crippen LogP contribution < -0.4 is 11.5 Å². The van der Waals surface area contributed by atoms with Crippen molar-refractivity contribution in [2.45, 2.75) is 31.8 Å². The van der Waals surface area contributed by atoms with Gasteiger partial charge in [0.25, 0.3) is 0 Å². The van der Waals surface area contributed by atoms with Crippen molar-refractivity contribution in [3.63, 3.8) is 0 Å². The molecule has 1 aliphatic rings. The molecule has 2 atom stereocenters. The molecule has 4 N–H and O–H groups in total. The quantitative estimate of drug-likeness (QED) is 0.815. The van der Waals surface area contributed by atoms with Gasteiger partial charge in [0.05, 0.1) is 0 Å². The maximum Gasteiger partial charge on any atom is 0.0183 e. The van der Waals surface area contributed by atoms with Crippen LogP contribution in [0.3, 0.4) is 0 Å². The molecule has 3 nitrogen and oxygen atoms in total. The van der Waals surface area contributed by atoms with E-state index in [0.717, 1.165) is 32.5 Å². The minimum atomic E-state index is 0.247. The number of nitrogens with zero attached hydrogens (tertiary/aromatic N) is 1. The van der Waals surface area contributed by atoms with E-state index < -0.39 is 0 Å². The van der Waals surface area contributed by atoms with E-state index in [2.05, 4.69) is 36.1 Å². The summed E-state index contributed by atoms with van der Waals surface area (Å²) in [6.07, 6.45) is 2.04. The molecule has 0 aromatic heterocycles. The van der Waals surface area contributed by atoms with Crippen molar-refractivity contribution in [1.29, 1.82) is 0 Å². The molecule has 2 unspecified atom stereocenters. The van der Waals surface area contributed by atoms with Gasteiger partial charge in [-0.25, -0.2) is 0 Å².